The standard InChI is InChI=1S/C13H17BrN2O2/c1-2-15-12(9-3-4-9)8-10-7-11(14)5-6-13(10)16(17)18/h5-7,9,12,15H,2-4,8H2,1H3. The maximum atomic E-state index is 11.0. The zero-order chi connectivity index (χ0) is 13.1. The van der Waals surface area contributed by atoms with Gasteiger partial charge in [0, 0.05) is 22.1 Å². The van der Waals surface area contributed by atoms with E-state index >= 15 is 0 Å². The second kappa shape index (κ2) is 5.80. The Morgan fingerprint density at radius 3 is 2.83 bits per heavy atom. The van der Waals surface area contributed by atoms with E-state index in [9.17, 15) is 10.1 Å². The number of nitro groups is 1. The van der Waals surface area contributed by atoms with E-state index < -0.39 is 0 Å². The van der Waals surface area contributed by atoms with Gasteiger partial charge < -0.3 is 5.32 Å². The molecule has 0 bridgehead atoms. The predicted molar refractivity (Wildman–Crippen MR) is 74.7 cm³/mol. The van der Waals surface area contributed by atoms with Gasteiger partial charge in [-0.2, -0.15) is 0 Å². The van der Waals surface area contributed by atoms with Crippen molar-refractivity contribution in [1.29, 1.82) is 0 Å². The van der Waals surface area contributed by atoms with E-state index in [-0.39, 0.29) is 10.6 Å². The Morgan fingerprint density at radius 1 is 1.56 bits per heavy atom. The number of hydrogen-bond acceptors (Lipinski definition) is 3. The molecule has 0 spiro atoms. The van der Waals surface area contributed by atoms with Crippen molar-refractivity contribution in [3.05, 3.63) is 38.3 Å². The summed E-state index contributed by atoms with van der Waals surface area (Å²) in [5.41, 5.74) is 1.04. The number of nitrogens with zero attached hydrogens (tertiary/aromatic N) is 1. The van der Waals surface area contributed by atoms with Crippen molar-refractivity contribution < 1.29 is 4.92 Å². The fraction of sp³-hybridized carbons (Fsp3) is 0.538. The van der Waals surface area contributed by atoms with Crippen molar-refractivity contribution in [2.45, 2.75) is 32.2 Å². The molecule has 4 nitrogen and oxygen atoms in total. The number of likely N-dealkylation sites (N-methyl/N-ethyl adjacent to an activating group) is 1. The first-order valence-corrected chi connectivity index (χ1v) is 7.07. The Bertz CT molecular complexity index is 447. The van der Waals surface area contributed by atoms with Crippen LogP contribution in [0.4, 0.5) is 5.69 Å². The monoisotopic (exact) mass is 312 g/mol. The summed E-state index contributed by atoms with van der Waals surface area (Å²) in [4.78, 5) is 10.7. The summed E-state index contributed by atoms with van der Waals surface area (Å²) < 4.78 is 0.897. The highest BCUT2D eigenvalue weighted by atomic mass is 79.9. The van der Waals surface area contributed by atoms with Crippen molar-refractivity contribution in [3.8, 4) is 0 Å². The zero-order valence-corrected chi connectivity index (χ0v) is 11.9. The molecule has 0 aromatic heterocycles. The van der Waals surface area contributed by atoms with Gasteiger partial charge in [0.2, 0.25) is 0 Å². The van der Waals surface area contributed by atoms with Crippen molar-refractivity contribution >= 4 is 21.6 Å². The maximum absolute atomic E-state index is 11.0. The summed E-state index contributed by atoms with van der Waals surface area (Å²) in [5.74, 6) is 0.684. The van der Waals surface area contributed by atoms with Gasteiger partial charge in [-0.25, -0.2) is 0 Å². The smallest absolute Gasteiger partial charge is 0.272 e. The largest absolute Gasteiger partial charge is 0.314 e. The van der Waals surface area contributed by atoms with Gasteiger partial charge in [0.1, 0.15) is 0 Å². The lowest BCUT2D eigenvalue weighted by Gasteiger charge is -2.17. The molecular weight excluding hydrogens is 296 g/mol. The highest BCUT2D eigenvalue weighted by Crippen LogP contribution is 2.35. The number of hydrogen-bond donors (Lipinski definition) is 1. The van der Waals surface area contributed by atoms with Gasteiger partial charge in [0.25, 0.3) is 5.69 Å². The summed E-state index contributed by atoms with van der Waals surface area (Å²) >= 11 is 3.38. The van der Waals surface area contributed by atoms with Crippen LogP contribution in [-0.2, 0) is 6.42 Å². The van der Waals surface area contributed by atoms with Gasteiger partial charge in [-0.15, -0.1) is 0 Å². The van der Waals surface area contributed by atoms with Crippen LogP contribution in [0.5, 0.6) is 0 Å². The minimum atomic E-state index is -0.294. The van der Waals surface area contributed by atoms with Crippen molar-refractivity contribution in [3.63, 3.8) is 0 Å². The molecule has 98 valence electrons. The summed E-state index contributed by atoms with van der Waals surface area (Å²) in [6.07, 6.45) is 3.20. The predicted octanol–water partition coefficient (Wildman–Crippen LogP) is 3.29. The van der Waals surface area contributed by atoms with E-state index in [0.29, 0.717) is 12.0 Å². The van der Waals surface area contributed by atoms with E-state index in [0.717, 1.165) is 23.0 Å². The lowest BCUT2D eigenvalue weighted by Crippen LogP contribution is -2.33. The first kappa shape index (κ1) is 13.5. The molecule has 0 radical (unpaired) electrons. The number of rotatable bonds is 6. The van der Waals surface area contributed by atoms with Crippen LogP contribution in [0, 0.1) is 16.0 Å². The number of nitrogens with one attached hydrogen (secondary N) is 1. The Labute approximate surface area is 115 Å². The van der Waals surface area contributed by atoms with E-state index in [1.165, 1.54) is 12.8 Å². The van der Waals surface area contributed by atoms with Gasteiger partial charge >= 0.3 is 0 Å². The molecule has 0 saturated heterocycles. The molecule has 1 unspecified atom stereocenters. The first-order chi connectivity index (χ1) is 8.61. The van der Waals surface area contributed by atoms with E-state index in [4.69, 9.17) is 0 Å². The number of halogens is 1. The Balaban J connectivity index is 2.20. The third-order valence-electron chi connectivity index (χ3n) is 3.34. The van der Waals surface area contributed by atoms with Crippen LogP contribution < -0.4 is 5.32 Å². The van der Waals surface area contributed by atoms with Crippen LogP contribution in [0.1, 0.15) is 25.3 Å². The molecule has 18 heavy (non-hydrogen) atoms. The lowest BCUT2D eigenvalue weighted by atomic mass is 10.0. The quantitative estimate of drug-likeness (QED) is 0.648. The topological polar surface area (TPSA) is 55.2 Å². The number of nitro benzene ring substituents is 1. The highest BCUT2D eigenvalue weighted by Gasteiger charge is 2.32. The van der Waals surface area contributed by atoms with Crippen LogP contribution in [-0.4, -0.2) is 17.5 Å². The van der Waals surface area contributed by atoms with Crippen LogP contribution in [0.3, 0.4) is 0 Å². The molecular formula is C13H17BrN2O2. The van der Waals surface area contributed by atoms with Gasteiger partial charge in [-0.3, -0.25) is 10.1 Å². The zero-order valence-electron chi connectivity index (χ0n) is 10.4. The van der Waals surface area contributed by atoms with E-state index in [1.54, 1.807) is 12.1 Å². The van der Waals surface area contributed by atoms with Crippen molar-refractivity contribution in [2.24, 2.45) is 5.92 Å². The molecule has 0 amide bonds. The Kier molecular flexibility index (Phi) is 4.35. The molecule has 0 heterocycles. The number of benzene rings is 1. The molecule has 1 fully saturated rings. The molecule has 0 aliphatic heterocycles. The summed E-state index contributed by atoms with van der Waals surface area (Å²) in [6.45, 7) is 2.98. The normalized spacial score (nSPS) is 16.6. The third-order valence-corrected chi connectivity index (χ3v) is 3.83. The second-order valence-corrected chi connectivity index (χ2v) is 5.65. The third kappa shape index (κ3) is 3.29. The average molecular weight is 313 g/mol. The van der Waals surface area contributed by atoms with Gasteiger partial charge in [-0.1, -0.05) is 22.9 Å². The molecule has 1 atom stereocenters. The summed E-state index contributed by atoms with van der Waals surface area (Å²) in [6, 6.07) is 5.53. The molecule has 2 rings (SSSR count). The molecule has 5 heteroatoms. The molecule has 1 N–H and O–H groups in total. The second-order valence-electron chi connectivity index (χ2n) is 4.74. The fourth-order valence-electron chi connectivity index (χ4n) is 2.30. The highest BCUT2D eigenvalue weighted by molar-refractivity contribution is 9.10. The van der Waals surface area contributed by atoms with Crippen molar-refractivity contribution in [2.75, 3.05) is 6.54 Å². The fourth-order valence-corrected chi connectivity index (χ4v) is 2.71. The van der Waals surface area contributed by atoms with E-state index in [2.05, 4.69) is 28.2 Å². The van der Waals surface area contributed by atoms with Crippen LogP contribution in [0.25, 0.3) is 0 Å². The van der Waals surface area contributed by atoms with Gasteiger partial charge in [0.05, 0.1) is 4.92 Å². The molecule has 1 aliphatic carbocycles. The first-order valence-electron chi connectivity index (χ1n) is 6.28. The molecule has 1 saturated carbocycles. The Morgan fingerprint density at radius 2 is 2.28 bits per heavy atom. The molecule has 1 aromatic rings. The molecule has 1 aliphatic rings. The van der Waals surface area contributed by atoms with Crippen LogP contribution >= 0.6 is 15.9 Å². The SMILES string of the molecule is CCNC(Cc1cc(Br)ccc1[N+](=O)[O-])C1CC1. The molecule has 1 aromatic carbocycles. The maximum Gasteiger partial charge on any atom is 0.272 e. The van der Waals surface area contributed by atoms with Crippen molar-refractivity contribution in [1.82, 2.24) is 5.32 Å². The van der Waals surface area contributed by atoms with Gasteiger partial charge in [-0.05, 0) is 43.9 Å². The minimum absolute atomic E-state index is 0.224. The van der Waals surface area contributed by atoms with Crippen LogP contribution in [0.2, 0.25) is 0 Å². The van der Waals surface area contributed by atoms with Gasteiger partial charge in [0.15, 0.2) is 0 Å². The lowest BCUT2D eigenvalue weighted by molar-refractivity contribution is -0.385. The van der Waals surface area contributed by atoms with E-state index in [1.807, 2.05) is 6.07 Å². The Hall–Kier alpha value is -0.940. The minimum Gasteiger partial charge on any atom is -0.314 e. The summed E-state index contributed by atoms with van der Waals surface area (Å²) in [5, 5.41) is 14.5. The summed E-state index contributed by atoms with van der Waals surface area (Å²) in [7, 11) is 0. The van der Waals surface area contributed by atoms with Crippen LogP contribution in [0.15, 0.2) is 22.7 Å². The average Bonchev–Trinajstić information content (AvgIpc) is 3.12.